The monoisotopic (exact) mass is 355 g/mol. The molecule has 2 fully saturated rings. The minimum atomic E-state index is -0.230. The van der Waals surface area contributed by atoms with Gasteiger partial charge in [0, 0.05) is 37.3 Å². The van der Waals surface area contributed by atoms with Crippen molar-refractivity contribution in [1.82, 2.24) is 10.3 Å². The molecule has 0 atom stereocenters. The molecule has 6 nitrogen and oxygen atoms in total. The Hall–Kier alpha value is -2.34. The van der Waals surface area contributed by atoms with Crippen LogP contribution < -0.4 is 15.0 Å². The zero-order valence-electron chi connectivity index (χ0n) is 15.1. The van der Waals surface area contributed by atoms with Gasteiger partial charge >= 0.3 is 0 Å². The highest BCUT2D eigenvalue weighted by molar-refractivity contribution is 6.00. The molecule has 0 bridgehead atoms. The molecule has 6 heteroatoms. The first-order valence-electron chi connectivity index (χ1n) is 9.26. The topological polar surface area (TPSA) is 74.7 Å². The van der Waals surface area contributed by atoms with E-state index in [1.807, 2.05) is 18.2 Å². The fraction of sp³-hybridized carbons (Fsp3) is 0.500. The number of amides is 1. The van der Waals surface area contributed by atoms with Gasteiger partial charge < -0.3 is 20.1 Å². The number of aromatic nitrogens is 1. The number of nitrogens with zero attached hydrogens (tertiary/aromatic N) is 2. The van der Waals surface area contributed by atoms with Crippen LogP contribution in [0.5, 0.6) is 5.75 Å². The zero-order valence-corrected chi connectivity index (χ0v) is 15.1. The maximum atomic E-state index is 12.2. The molecule has 0 radical (unpaired) electrons. The number of aliphatic hydroxyl groups excluding tert-OH is 1. The highest BCUT2D eigenvalue weighted by Crippen LogP contribution is 2.54. The van der Waals surface area contributed by atoms with Crippen molar-refractivity contribution in [3.05, 3.63) is 30.0 Å². The van der Waals surface area contributed by atoms with Crippen LogP contribution in [0.15, 0.2) is 24.4 Å². The van der Waals surface area contributed by atoms with E-state index in [9.17, 15) is 4.79 Å². The number of hydrogen-bond acceptors (Lipinski definition) is 5. The summed E-state index contributed by atoms with van der Waals surface area (Å²) in [6, 6.07) is 5.81. The van der Waals surface area contributed by atoms with Crippen LogP contribution in [0.2, 0.25) is 0 Å². The molecule has 1 amide bonds. The number of benzene rings is 1. The van der Waals surface area contributed by atoms with Crippen molar-refractivity contribution >= 4 is 22.5 Å². The van der Waals surface area contributed by atoms with E-state index in [0.717, 1.165) is 35.4 Å². The highest BCUT2D eigenvalue weighted by atomic mass is 16.5. The third-order valence-electron chi connectivity index (χ3n) is 5.75. The van der Waals surface area contributed by atoms with Gasteiger partial charge in [-0.2, -0.15) is 0 Å². The molecule has 1 saturated carbocycles. The molecular formula is C20H25N3O3. The molecule has 0 unspecified atom stereocenters. The van der Waals surface area contributed by atoms with E-state index in [2.05, 4.69) is 15.2 Å². The summed E-state index contributed by atoms with van der Waals surface area (Å²) in [6.45, 7) is 2.24. The SMILES string of the molecule is COc1cc(N2CCC3(CC2)CC3)c2ncc(C(=O)NCCO)cc2c1. The molecule has 1 aliphatic heterocycles. The number of aliphatic hydroxyl groups is 1. The lowest BCUT2D eigenvalue weighted by Crippen LogP contribution is -2.34. The lowest BCUT2D eigenvalue weighted by Gasteiger charge is -2.34. The summed E-state index contributed by atoms with van der Waals surface area (Å²) in [5.41, 5.74) is 3.09. The van der Waals surface area contributed by atoms with Crippen LogP contribution in [-0.4, -0.2) is 49.3 Å². The van der Waals surface area contributed by atoms with Gasteiger partial charge in [0.2, 0.25) is 0 Å². The van der Waals surface area contributed by atoms with Gasteiger partial charge in [0.15, 0.2) is 0 Å². The molecule has 26 heavy (non-hydrogen) atoms. The first-order chi connectivity index (χ1) is 12.6. The van der Waals surface area contributed by atoms with Crippen LogP contribution >= 0.6 is 0 Å². The quantitative estimate of drug-likeness (QED) is 0.861. The zero-order chi connectivity index (χ0) is 18.1. The van der Waals surface area contributed by atoms with Crippen molar-refractivity contribution in [2.24, 2.45) is 5.41 Å². The third-order valence-corrected chi connectivity index (χ3v) is 5.75. The van der Waals surface area contributed by atoms with E-state index < -0.39 is 0 Å². The van der Waals surface area contributed by atoms with Crippen molar-refractivity contribution in [2.75, 3.05) is 38.3 Å². The number of carbonyl (C=O) groups excluding carboxylic acids is 1. The van der Waals surface area contributed by atoms with E-state index in [4.69, 9.17) is 9.84 Å². The van der Waals surface area contributed by atoms with E-state index in [1.54, 1.807) is 13.3 Å². The van der Waals surface area contributed by atoms with Gasteiger partial charge in [0.1, 0.15) is 5.75 Å². The van der Waals surface area contributed by atoms with Crippen LogP contribution in [0, 0.1) is 5.41 Å². The molecule has 2 N–H and O–H groups in total. The number of methoxy groups -OCH3 is 1. The Kier molecular flexibility index (Phi) is 4.44. The summed E-state index contributed by atoms with van der Waals surface area (Å²) in [6.07, 6.45) is 6.85. The number of carbonyl (C=O) groups is 1. The average Bonchev–Trinajstić information content (AvgIpc) is 3.44. The molecule has 2 aromatic rings. The van der Waals surface area contributed by atoms with Gasteiger partial charge in [0.05, 0.1) is 30.5 Å². The summed E-state index contributed by atoms with van der Waals surface area (Å²) in [5.74, 6) is 0.542. The summed E-state index contributed by atoms with van der Waals surface area (Å²) >= 11 is 0. The maximum absolute atomic E-state index is 12.2. The Labute approximate surface area is 153 Å². The number of rotatable bonds is 5. The van der Waals surface area contributed by atoms with Gasteiger partial charge in [-0.3, -0.25) is 9.78 Å². The Balaban J connectivity index is 1.67. The van der Waals surface area contributed by atoms with Crippen molar-refractivity contribution < 1.29 is 14.6 Å². The van der Waals surface area contributed by atoms with Crippen LogP contribution in [-0.2, 0) is 0 Å². The van der Waals surface area contributed by atoms with E-state index in [0.29, 0.717) is 11.0 Å². The molecule has 1 saturated heterocycles. The van der Waals surface area contributed by atoms with Crippen LogP contribution in [0.25, 0.3) is 10.9 Å². The third kappa shape index (κ3) is 3.21. The minimum Gasteiger partial charge on any atom is -0.497 e. The standard InChI is InChI=1S/C20H25N3O3/c1-26-16-11-14-10-15(19(25)21-6-9-24)13-22-18(14)17(12-16)23-7-4-20(2-3-20)5-8-23/h10-13,24H,2-9H2,1H3,(H,21,25). The first-order valence-corrected chi connectivity index (χ1v) is 9.26. The lowest BCUT2D eigenvalue weighted by molar-refractivity contribution is 0.0944. The molecule has 1 aromatic heterocycles. The number of pyridine rings is 1. The molecular weight excluding hydrogens is 330 g/mol. The first kappa shape index (κ1) is 17.1. The highest BCUT2D eigenvalue weighted by Gasteiger charge is 2.44. The van der Waals surface area contributed by atoms with Crippen LogP contribution in [0.4, 0.5) is 5.69 Å². The Morgan fingerprint density at radius 3 is 2.69 bits per heavy atom. The number of anilines is 1. The second kappa shape index (κ2) is 6.76. The van der Waals surface area contributed by atoms with Crippen molar-refractivity contribution in [3.8, 4) is 5.75 Å². The van der Waals surface area contributed by atoms with E-state index in [-0.39, 0.29) is 19.1 Å². The molecule has 1 spiro atoms. The molecule has 2 heterocycles. The summed E-state index contributed by atoms with van der Waals surface area (Å²) in [4.78, 5) is 19.2. The van der Waals surface area contributed by atoms with Gasteiger partial charge in [-0.1, -0.05) is 0 Å². The van der Waals surface area contributed by atoms with Crippen LogP contribution in [0.1, 0.15) is 36.0 Å². The number of hydrogen-bond donors (Lipinski definition) is 2. The Bertz CT molecular complexity index is 822. The fourth-order valence-electron chi connectivity index (χ4n) is 3.86. The minimum absolute atomic E-state index is 0.0822. The van der Waals surface area contributed by atoms with Crippen molar-refractivity contribution in [3.63, 3.8) is 0 Å². The summed E-state index contributed by atoms with van der Waals surface area (Å²) in [7, 11) is 1.66. The van der Waals surface area contributed by atoms with Gasteiger partial charge in [0.25, 0.3) is 5.91 Å². The average molecular weight is 355 g/mol. The Morgan fingerprint density at radius 2 is 2.04 bits per heavy atom. The molecule has 4 rings (SSSR count). The molecule has 2 aliphatic rings. The molecule has 1 aliphatic carbocycles. The smallest absolute Gasteiger partial charge is 0.252 e. The van der Waals surface area contributed by atoms with Crippen molar-refractivity contribution in [1.29, 1.82) is 0 Å². The van der Waals surface area contributed by atoms with E-state index in [1.165, 1.54) is 25.7 Å². The number of fused-ring (bicyclic) bond motifs is 1. The number of nitrogens with one attached hydrogen (secondary N) is 1. The molecule has 1 aromatic carbocycles. The fourth-order valence-corrected chi connectivity index (χ4v) is 3.86. The largest absolute Gasteiger partial charge is 0.497 e. The summed E-state index contributed by atoms with van der Waals surface area (Å²) in [5, 5.41) is 12.4. The predicted molar refractivity (Wildman–Crippen MR) is 101 cm³/mol. The van der Waals surface area contributed by atoms with Gasteiger partial charge in [-0.25, -0.2) is 0 Å². The second-order valence-corrected chi connectivity index (χ2v) is 7.41. The van der Waals surface area contributed by atoms with Crippen molar-refractivity contribution in [2.45, 2.75) is 25.7 Å². The Morgan fingerprint density at radius 1 is 1.27 bits per heavy atom. The van der Waals surface area contributed by atoms with E-state index >= 15 is 0 Å². The predicted octanol–water partition coefficient (Wildman–Crippen LogP) is 2.35. The van der Waals surface area contributed by atoms with Gasteiger partial charge in [-0.15, -0.1) is 0 Å². The maximum Gasteiger partial charge on any atom is 0.252 e. The number of ether oxygens (including phenoxy) is 1. The number of piperidine rings is 1. The lowest BCUT2D eigenvalue weighted by atomic mass is 9.93. The second-order valence-electron chi connectivity index (χ2n) is 7.41. The molecule has 138 valence electrons. The van der Waals surface area contributed by atoms with Gasteiger partial charge in [-0.05, 0) is 43.2 Å². The van der Waals surface area contributed by atoms with Crippen LogP contribution in [0.3, 0.4) is 0 Å². The normalized spacial score (nSPS) is 18.2. The summed E-state index contributed by atoms with van der Waals surface area (Å²) < 4.78 is 5.48.